The standard InChI is InChI=1S/C17H19NO6S/c1-12-8-9-15(23-3)16(10-12)25(20,21)18-11-17(19)24-14-7-5-4-6-13(14)22-2/h4-10,18H,11H2,1-3H3. The number of aryl methyl sites for hydroxylation is 1. The zero-order chi connectivity index (χ0) is 18.4. The molecule has 7 nitrogen and oxygen atoms in total. The second-order valence-corrected chi connectivity index (χ2v) is 6.84. The van der Waals surface area contributed by atoms with Crippen molar-refractivity contribution < 1.29 is 27.4 Å². The number of carbonyl (C=O) groups is 1. The molecule has 25 heavy (non-hydrogen) atoms. The van der Waals surface area contributed by atoms with Crippen LogP contribution in [0.15, 0.2) is 47.4 Å². The second-order valence-electron chi connectivity index (χ2n) is 5.10. The van der Waals surface area contributed by atoms with Crippen LogP contribution in [-0.2, 0) is 14.8 Å². The van der Waals surface area contributed by atoms with Crippen LogP contribution in [0.1, 0.15) is 5.56 Å². The topological polar surface area (TPSA) is 90.9 Å². The van der Waals surface area contributed by atoms with Crippen molar-refractivity contribution in [3.8, 4) is 17.2 Å². The minimum Gasteiger partial charge on any atom is -0.495 e. The fourth-order valence-electron chi connectivity index (χ4n) is 2.09. The zero-order valence-corrected chi connectivity index (χ0v) is 14.9. The first-order valence-electron chi connectivity index (χ1n) is 7.35. The number of rotatable bonds is 7. The lowest BCUT2D eigenvalue weighted by molar-refractivity contribution is -0.133. The van der Waals surface area contributed by atoms with Crippen molar-refractivity contribution in [3.05, 3.63) is 48.0 Å². The highest BCUT2D eigenvalue weighted by Gasteiger charge is 2.21. The Morgan fingerprint density at radius 2 is 1.64 bits per heavy atom. The molecule has 0 spiro atoms. The molecule has 0 saturated carbocycles. The van der Waals surface area contributed by atoms with Crippen LogP contribution in [0.4, 0.5) is 0 Å². The number of esters is 1. The van der Waals surface area contributed by atoms with Gasteiger partial charge in [-0.25, -0.2) is 8.42 Å². The van der Waals surface area contributed by atoms with Gasteiger partial charge in [0.15, 0.2) is 11.5 Å². The summed E-state index contributed by atoms with van der Waals surface area (Å²) in [7, 11) is -1.12. The minimum absolute atomic E-state index is 0.0416. The van der Waals surface area contributed by atoms with Crippen molar-refractivity contribution >= 4 is 16.0 Å². The van der Waals surface area contributed by atoms with Crippen LogP contribution < -0.4 is 18.9 Å². The molecule has 0 radical (unpaired) electrons. The minimum atomic E-state index is -3.94. The summed E-state index contributed by atoms with van der Waals surface area (Å²) in [4.78, 5) is 11.9. The highest BCUT2D eigenvalue weighted by molar-refractivity contribution is 7.89. The van der Waals surface area contributed by atoms with Crippen LogP contribution in [0.5, 0.6) is 17.2 Å². The number of carbonyl (C=O) groups excluding carboxylic acids is 1. The van der Waals surface area contributed by atoms with Gasteiger partial charge in [0.25, 0.3) is 0 Å². The molecule has 0 aliphatic rings. The normalized spacial score (nSPS) is 11.0. The molecule has 8 heteroatoms. The molecule has 134 valence electrons. The van der Waals surface area contributed by atoms with Crippen molar-refractivity contribution in [1.82, 2.24) is 4.72 Å². The van der Waals surface area contributed by atoms with Crippen LogP contribution in [0, 0.1) is 6.92 Å². The number of ether oxygens (including phenoxy) is 3. The van der Waals surface area contributed by atoms with E-state index in [4.69, 9.17) is 14.2 Å². The van der Waals surface area contributed by atoms with Gasteiger partial charge in [-0.1, -0.05) is 18.2 Å². The van der Waals surface area contributed by atoms with Gasteiger partial charge in [-0.05, 0) is 36.8 Å². The number of hydrogen-bond acceptors (Lipinski definition) is 6. The third-order valence-electron chi connectivity index (χ3n) is 3.31. The Bertz CT molecular complexity index is 863. The lowest BCUT2D eigenvalue weighted by atomic mass is 10.2. The highest BCUT2D eigenvalue weighted by Crippen LogP contribution is 2.26. The van der Waals surface area contributed by atoms with E-state index in [-0.39, 0.29) is 16.4 Å². The van der Waals surface area contributed by atoms with E-state index < -0.39 is 22.5 Å². The van der Waals surface area contributed by atoms with Gasteiger partial charge in [0.2, 0.25) is 10.0 Å². The van der Waals surface area contributed by atoms with Crippen molar-refractivity contribution in [3.63, 3.8) is 0 Å². The second kappa shape index (κ2) is 8.00. The van der Waals surface area contributed by atoms with Crippen molar-refractivity contribution in [2.24, 2.45) is 0 Å². The Balaban J connectivity index is 2.09. The van der Waals surface area contributed by atoms with Gasteiger partial charge in [-0.2, -0.15) is 4.72 Å². The zero-order valence-electron chi connectivity index (χ0n) is 14.1. The molecule has 2 aromatic carbocycles. The lowest BCUT2D eigenvalue weighted by Gasteiger charge is -2.12. The van der Waals surface area contributed by atoms with Crippen LogP contribution >= 0.6 is 0 Å². The number of para-hydroxylation sites is 2. The van der Waals surface area contributed by atoms with E-state index in [1.165, 1.54) is 20.3 Å². The van der Waals surface area contributed by atoms with Gasteiger partial charge < -0.3 is 14.2 Å². The van der Waals surface area contributed by atoms with Gasteiger partial charge in [-0.3, -0.25) is 4.79 Å². The third kappa shape index (κ3) is 4.71. The van der Waals surface area contributed by atoms with Crippen LogP contribution in [0.3, 0.4) is 0 Å². The molecule has 0 unspecified atom stereocenters. The molecule has 0 fully saturated rings. The van der Waals surface area contributed by atoms with E-state index >= 15 is 0 Å². The average molecular weight is 365 g/mol. The molecule has 0 bridgehead atoms. The van der Waals surface area contributed by atoms with E-state index in [1.54, 1.807) is 43.3 Å². The predicted molar refractivity (Wildman–Crippen MR) is 91.5 cm³/mol. The van der Waals surface area contributed by atoms with E-state index in [1.807, 2.05) is 0 Å². The van der Waals surface area contributed by atoms with Gasteiger partial charge >= 0.3 is 5.97 Å². The fraction of sp³-hybridized carbons (Fsp3) is 0.235. The maximum Gasteiger partial charge on any atom is 0.326 e. The van der Waals surface area contributed by atoms with E-state index in [0.29, 0.717) is 5.75 Å². The Morgan fingerprint density at radius 3 is 2.28 bits per heavy atom. The summed E-state index contributed by atoms with van der Waals surface area (Å²) < 4.78 is 42.3. The lowest BCUT2D eigenvalue weighted by Crippen LogP contribution is -2.32. The Morgan fingerprint density at radius 1 is 1.00 bits per heavy atom. The van der Waals surface area contributed by atoms with E-state index in [2.05, 4.69) is 4.72 Å². The average Bonchev–Trinajstić information content (AvgIpc) is 2.60. The summed E-state index contributed by atoms with van der Waals surface area (Å²) in [5, 5.41) is 0. The van der Waals surface area contributed by atoms with Gasteiger partial charge in [0, 0.05) is 0 Å². The fourth-order valence-corrected chi connectivity index (χ4v) is 3.31. The largest absolute Gasteiger partial charge is 0.495 e. The molecular formula is C17H19NO6S. The van der Waals surface area contributed by atoms with Crippen molar-refractivity contribution in [2.45, 2.75) is 11.8 Å². The number of hydrogen-bond donors (Lipinski definition) is 1. The molecule has 0 aliphatic heterocycles. The summed E-state index contributed by atoms with van der Waals surface area (Å²) in [5.74, 6) is 0.0114. The van der Waals surface area contributed by atoms with Gasteiger partial charge in [0.05, 0.1) is 14.2 Å². The SMILES string of the molecule is COc1ccccc1OC(=O)CNS(=O)(=O)c1cc(C)ccc1OC. The van der Waals surface area contributed by atoms with Gasteiger partial charge in [0.1, 0.15) is 17.2 Å². The Kier molecular flexibility index (Phi) is 6.00. The molecule has 0 saturated heterocycles. The molecule has 1 N–H and O–H groups in total. The molecule has 0 aromatic heterocycles. The molecule has 2 aromatic rings. The smallest absolute Gasteiger partial charge is 0.326 e. The predicted octanol–water partition coefficient (Wildman–Crippen LogP) is 1.90. The quantitative estimate of drug-likeness (QED) is 0.595. The summed E-state index contributed by atoms with van der Waals surface area (Å²) in [6.45, 7) is 1.23. The third-order valence-corrected chi connectivity index (χ3v) is 4.73. The monoisotopic (exact) mass is 365 g/mol. The summed E-state index contributed by atoms with van der Waals surface area (Å²) in [5.41, 5.74) is 0.748. The molecule has 0 heterocycles. The maximum atomic E-state index is 12.4. The molecule has 2 rings (SSSR count). The number of methoxy groups -OCH3 is 2. The summed E-state index contributed by atoms with van der Waals surface area (Å²) in [6, 6.07) is 11.3. The van der Waals surface area contributed by atoms with Crippen LogP contribution in [-0.4, -0.2) is 35.2 Å². The highest BCUT2D eigenvalue weighted by atomic mass is 32.2. The number of sulfonamides is 1. The molecule has 0 amide bonds. The number of nitrogens with one attached hydrogen (secondary N) is 1. The van der Waals surface area contributed by atoms with Crippen LogP contribution in [0.25, 0.3) is 0 Å². The molecule has 0 aliphatic carbocycles. The first-order chi connectivity index (χ1) is 11.9. The van der Waals surface area contributed by atoms with Gasteiger partial charge in [-0.15, -0.1) is 0 Å². The Labute approximate surface area is 146 Å². The van der Waals surface area contributed by atoms with E-state index in [9.17, 15) is 13.2 Å². The summed E-state index contributed by atoms with van der Waals surface area (Å²) in [6.07, 6.45) is 0. The first-order valence-corrected chi connectivity index (χ1v) is 8.83. The summed E-state index contributed by atoms with van der Waals surface area (Å²) >= 11 is 0. The van der Waals surface area contributed by atoms with Crippen molar-refractivity contribution in [2.75, 3.05) is 20.8 Å². The molecular weight excluding hydrogens is 346 g/mol. The first kappa shape index (κ1) is 18.8. The number of benzene rings is 2. The Hall–Kier alpha value is -2.58. The van der Waals surface area contributed by atoms with Crippen LogP contribution in [0.2, 0.25) is 0 Å². The molecule has 0 atom stereocenters. The maximum absolute atomic E-state index is 12.4. The van der Waals surface area contributed by atoms with Crippen molar-refractivity contribution in [1.29, 1.82) is 0 Å². The van der Waals surface area contributed by atoms with E-state index in [0.717, 1.165) is 5.56 Å².